The van der Waals surface area contributed by atoms with Crippen molar-refractivity contribution in [1.29, 1.82) is 0 Å². The summed E-state index contributed by atoms with van der Waals surface area (Å²) in [6.07, 6.45) is 0. The van der Waals surface area contributed by atoms with E-state index in [0.29, 0.717) is 17.1 Å². The van der Waals surface area contributed by atoms with Gasteiger partial charge in [0.15, 0.2) is 0 Å². The van der Waals surface area contributed by atoms with E-state index in [9.17, 15) is 4.79 Å². The maximum atomic E-state index is 12.1. The topological polar surface area (TPSA) is 81.2 Å². The molecule has 0 bridgehead atoms. The first-order chi connectivity index (χ1) is 8.50. The minimum absolute atomic E-state index is 0.251. The van der Waals surface area contributed by atoms with Crippen LogP contribution in [0.2, 0.25) is 0 Å². The van der Waals surface area contributed by atoms with Crippen molar-refractivity contribution < 1.29 is 9.32 Å². The second-order valence-electron chi connectivity index (χ2n) is 4.20. The fourth-order valence-corrected chi connectivity index (χ4v) is 1.60. The van der Waals surface area contributed by atoms with Crippen LogP contribution in [0.3, 0.4) is 0 Å². The van der Waals surface area contributed by atoms with Crippen LogP contribution in [0.1, 0.15) is 27.2 Å². The Labute approximate surface area is 105 Å². The van der Waals surface area contributed by atoms with E-state index in [0.717, 1.165) is 16.8 Å². The van der Waals surface area contributed by atoms with Gasteiger partial charge in [-0.05, 0) is 38.5 Å². The van der Waals surface area contributed by atoms with Gasteiger partial charge in [0.25, 0.3) is 5.91 Å². The molecular formula is C13H15N3O2. The molecule has 5 nitrogen and oxygen atoms in total. The number of nitrogens with one attached hydrogen (secondary N) is 1. The largest absolute Gasteiger partial charge is 0.398 e. The number of rotatable bonds is 2. The van der Waals surface area contributed by atoms with E-state index in [4.69, 9.17) is 10.3 Å². The molecule has 1 aromatic heterocycles. The standard InChI is InChI=1S/C13H15N3O2/c1-7-9(3)16-18-13(7)15-12(17)10-5-4-6-11(14)8(10)2/h4-6H,14H2,1-3H3,(H,15,17). The fraction of sp³-hybridized carbons (Fsp3) is 0.231. The molecular weight excluding hydrogens is 230 g/mol. The van der Waals surface area contributed by atoms with Crippen LogP contribution in [0.15, 0.2) is 22.7 Å². The molecule has 0 saturated carbocycles. The predicted octanol–water partition coefficient (Wildman–Crippen LogP) is 2.43. The summed E-state index contributed by atoms with van der Waals surface area (Å²) in [7, 11) is 0. The minimum Gasteiger partial charge on any atom is -0.398 e. The summed E-state index contributed by atoms with van der Waals surface area (Å²) in [6, 6.07) is 5.23. The Kier molecular flexibility index (Phi) is 3.06. The molecule has 0 aliphatic rings. The zero-order chi connectivity index (χ0) is 13.3. The minimum atomic E-state index is -0.251. The lowest BCUT2D eigenvalue weighted by Crippen LogP contribution is -2.14. The molecule has 0 aliphatic heterocycles. The van der Waals surface area contributed by atoms with Crippen LogP contribution in [0, 0.1) is 20.8 Å². The molecule has 3 N–H and O–H groups in total. The van der Waals surface area contributed by atoms with Gasteiger partial charge < -0.3 is 10.3 Å². The van der Waals surface area contributed by atoms with Crippen molar-refractivity contribution in [2.45, 2.75) is 20.8 Å². The maximum Gasteiger partial charge on any atom is 0.258 e. The third kappa shape index (κ3) is 2.07. The lowest BCUT2D eigenvalue weighted by atomic mass is 10.1. The van der Waals surface area contributed by atoms with Gasteiger partial charge in [-0.1, -0.05) is 11.2 Å². The molecule has 1 heterocycles. The number of carbonyl (C=O) groups is 1. The molecule has 1 aromatic carbocycles. The normalized spacial score (nSPS) is 10.4. The summed E-state index contributed by atoms with van der Waals surface area (Å²) >= 11 is 0. The number of nitrogens with zero attached hydrogens (tertiary/aromatic N) is 1. The zero-order valence-corrected chi connectivity index (χ0v) is 10.6. The number of carbonyl (C=O) groups excluding carboxylic acids is 1. The van der Waals surface area contributed by atoms with Gasteiger partial charge >= 0.3 is 0 Å². The van der Waals surface area contributed by atoms with E-state index in [1.807, 2.05) is 20.8 Å². The van der Waals surface area contributed by atoms with Crippen molar-refractivity contribution in [1.82, 2.24) is 5.16 Å². The Morgan fingerprint density at radius 1 is 1.28 bits per heavy atom. The highest BCUT2D eigenvalue weighted by atomic mass is 16.5. The number of aromatic nitrogens is 1. The lowest BCUT2D eigenvalue weighted by Gasteiger charge is -2.07. The van der Waals surface area contributed by atoms with Gasteiger partial charge in [0.2, 0.25) is 5.88 Å². The van der Waals surface area contributed by atoms with Gasteiger partial charge in [-0.2, -0.15) is 0 Å². The van der Waals surface area contributed by atoms with Gasteiger partial charge in [0.1, 0.15) is 0 Å². The Balaban J connectivity index is 2.28. The van der Waals surface area contributed by atoms with Crippen molar-refractivity contribution >= 4 is 17.5 Å². The van der Waals surface area contributed by atoms with Gasteiger partial charge in [-0.3, -0.25) is 10.1 Å². The molecule has 0 radical (unpaired) electrons. The Bertz CT molecular complexity index is 602. The smallest absolute Gasteiger partial charge is 0.258 e. The number of nitrogen functional groups attached to an aromatic ring is 1. The van der Waals surface area contributed by atoms with Gasteiger partial charge in [0, 0.05) is 16.8 Å². The third-order valence-electron chi connectivity index (χ3n) is 3.00. The molecule has 0 fully saturated rings. The number of anilines is 2. The third-order valence-corrected chi connectivity index (χ3v) is 3.00. The molecule has 18 heavy (non-hydrogen) atoms. The Morgan fingerprint density at radius 2 is 2.00 bits per heavy atom. The first-order valence-electron chi connectivity index (χ1n) is 5.60. The number of hydrogen-bond acceptors (Lipinski definition) is 4. The molecule has 1 amide bonds. The number of hydrogen-bond donors (Lipinski definition) is 2. The van der Waals surface area contributed by atoms with E-state index in [2.05, 4.69) is 10.5 Å². The van der Waals surface area contributed by atoms with Gasteiger partial charge in [0.05, 0.1) is 5.69 Å². The molecule has 0 unspecified atom stereocenters. The van der Waals surface area contributed by atoms with Crippen LogP contribution in [0.4, 0.5) is 11.6 Å². The summed E-state index contributed by atoms with van der Waals surface area (Å²) in [6.45, 7) is 5.47. The van der Waals surface area contributed by atoms with Crippen LogP contribution in [0.25, 0.3) is 0 Å². The number of benzene rings is 1. The van der Waals surface area contributed by atoms with E-state index >= 15 is 0 Å². The SMILES string of the molecule is Cc1noc(NC(=O)c2cccc(N)c2C)c1C. The monoisotopic (exact) mass is 245 g/mol. The summed E-state index contributed by atoms with van der Waals surface area (Å²) in [5, 5.41) is 6.48. The predicted molar refractivity (Wildman–Crippen MR) is 69.5 cm³/mol. The second kappa shape index (κ2) is 4.52. The molecule has 2 rings (SSSR count). The zero-order valence-electron chi connectivity index (χ0n) is 10.6. The van der Waals surface area contributed by atoms with Crippen molar-refractivity contribution in [3.63, 3.8) is 0 Å². The molecule has 2 aromatic rings. The van der Waals surface area contributed by atoms with E-state index in [1.54, 1.807) is 18.2 Å². The molecule has 0 atom stereocenters. The Morgan fingerprint density at radius 3 is 2.61 bits per heavy atom. The average Bonchev–Trinajstić information content (AvgIpc) is 2.64. The van der Waals surface area contributed by atoms with Crippen LogP contribution < -0.4 is 11.1 Å². The lowest BCUT2D eigenvalue weighted by molar-refractivity contribution is 0.102. The summed E-state index contributed by atoms with van der Waals surface area (Å²) in [5.41, 5.74) is 9.23. The summed E-state index contributed by atoms with van der Waals surface area (Å²) in [4.78, 5) is 12.1. The first-order valence-corrected chi connectivity index (χ1v) is 5.60. The summed E-state index contributed by atoms with van der Waals surface area (Å²) in [5.74, 6) is 0.123. The summed E-state index contributed by atoms with van der Waals surface area (Å²) < 4.78 is 5.04. The number of nitrogens with two attached hydrogens (primary N) is 1. The quantitative estimate of drug-likeness (QED) is 0.796. The van der Waals surface area contributed by atoms with Gasteiger partial charge in [-0.25, -0.2) is 0 Å². The molecule has 0 saturated heterocycles. The molecule has 0 spiro atoms. The van der Waals surface area contributed by atoms with E-state index < -0.39 is 0 Å². The van der Waals surface area contributed by atoms with Crippen LogP contribution in [0.5, 0.6) is 0 Å². The first kappa shape index (κ1) is 12.2. The highest BCUT2D eigenvalue weighted by Crippen LogP contribution is 2.20. The van der Waals surface area contributed by atoms with Gasteiger partial charge in [-0.15, -0.1) is 0 Å². The number of amides is 1. The second-order valence-corrected chi connectivity index (χ2v) is 4.20. The van der Waals surface area contributed by atoms with Crippen molar-refractivity contribution in [3.8, 4) is 0 Å². The van der Waals surface area contributed by atoms with E-state index in [-0.39, 0.29) is 5.91 Å². The molecule has 94 valence electrons. The average molecular weight is 245 g/mol. The molecule has 0 aliphatic carbocycles. The maximum absolute atomic E-state index is 12.1. The van der Waals surface area contributed by atoms with Crippen molar-refractivity contribution in [3.05, 3.63) is 40.6 Å². The van der Waals surface area contributed by atoms with Crippen molar-refractivity contribution in [2.75, 3.05) is 11.1 Å². The highest BCUT2D eigenvalue weighted by Gasteiger charge is 2.15. The van der Waals surface area contributed by atoms with E-state index in [1.165, 1.54) is 0 Å². The Hall–Kier alpha value is -2.30. The highest BCUT2D eigenvalue weighted by molar-refractivity contribution is 6.05. The van der Waals surface area contributed by atoms with Crippen LogP contribution in [-0.4, -0.2) is 11.1 Å². The number of aryl methyl sites for hydroxylation is 1. The van der Waals surface area contributed by atoms with Crippen LogP contribution in [-0.2, 0) is 0 Å². The van der Waals surface area contributed by atoms with Crippen LogP contribution >= 0.6 is 0 Å². The fourth-order valence-electron chi connectivity index (χ4n) is 1.60. The van der Waals surface area contributed by atoms with Crippen molar-refractivity contribution in [2.24, 2.45) is 0 Å². The molecule has 5 heteroatoms.